The minimum Gasteiger partial charge on any atom is -0.332 e. The van der Waals surface area contributed by atoms with Crippen LogP contribution in [0.2, 0.25) is 0 Å². The second-order valence-corrected chi connectivity index (χ2v) is 6.13. The molecule has 2 aliphatic rings. The summed E-state index contributed by atoms with van der Waals surface area (Å²) in [5, 5.41) is 0. The molecule has 17 heavy (non-hydrogen) atoms. The summed E-state index contributed by atoms with van der Waals surface area (Å²) in [6.07, 6.45) is 4.84. The van der Waals surface area contributed by atoms with E-state index in [9.17, 15) is 4.79 Å². The Hall–Kier alpha value is -0.610. The van der Waals surface area contributed by atoms with E-state index in [0.717, 1.165) is 19.4 Å². The molecule has 1 aliphatic heterocycles. The number of carbonyl (C=O) groups is 1. The molecule has 1 aliphatic carbocycles. The number of amides is 1. The highest BCUT2D eigenvalue weighted by Gasteiger charge is 2.46. The maximum Gasteiger partial charge on any atom is 0.241 e. The minimum atomic E-state index is -0.122. The van der Waals surface area contributed by atoms with Gasteiger partial charge < -0.3 is 10.6 Å². The third-order valence-corrected chi connectivity index (χ3v) is 4.26. The normalized spacial score (nSPS) is 31.2. The van der Waals surface area contributed by atoms with Gasteiger partial charge in [-0.2, -0.15) is 0 Å². The molecule has 0 spiro atoms. The molecule has 1 saturated heterocycles. The first-order valence-corrected chi connectivity index (χ1v) is 6.71. The Labute approximate surface area is 104 Å². The van der Waals surface area contributed by atoms with Crippen molar-refractivity contribution < 1.29 is 4.79 Å². The average molecular weight is 239 g/mol. The number of carbonyl (C=O) groups excluding carboxylic acids is 1. The molecule has 4 nitrogen and oxygen atoms in total. The number of nitrogens with two attached hydrogens (primary N) is 1. The Balaban J connectivity index is 2.23. The van der Waals surface area contributed by atoms with Gasteiger partial charge in [0.1, 0.15) is 6.04 Å². The fourth-order valence-corrected chi connectivity index (χ4v) is 3.56. The van der Waals surface area contributed by atoms with E-state index in [4.69, 9.17) is 5.73 Å². The molecule has 0 radical (unpaired) electrons. The Morgan fingerprint density at radius 3 is 2.47 bits per heavy atom. The number of nitrogens with zero attached hydrogens (tertiary/aromatic N) is 2. The summed E-state index contributed by atoms with van der Waals surface area (Å²) in [6.45, 7) is 5.69. The van der Waals surface area contributed by atoms with Crippen molar-refractivity contribution in [2.45, 2.75) is 57.2 Å². The van der Waals surface area contributed by atoms with Crippen molar-refractivity contribution in [2.75, 3.05) is 20.1 Å². The molecule has 0 aromatic rings. The second kappa shape index (κ2) is 4.58. The number of hydrogen-bond donors (Lipinski definition) is 1. The van der Waals surface area contributed by atoms with Gasteiger partial charge in [0.05, 0.1) is 5.54 Å². The molecular weight excluding hydrogens is 214 g/mol. The molecule has 1 saturated carbocycles. The van der Waals surface area contributed by atoms with Crippen LogP contribution in [0.25, 0.3) is 0 Å². The number of likely N-dealkylation sites (N-methyl/N-ethyl adjacent to an activating group) is 1. The van der Waals surface area contributed by atoms with Crippen molar-refractivity contribution >= 4 is 5.91 Å². The van der Waals surface area contributed by atoms with E-state index < -0.39 is 0 Å². The predicted octanol–water partition coefficient (Wildman–Crippen LogP) is 0.809. The molecule has 98 valence electrons. The summed E-state index contributed by atoms with van der Waals surface area (Å²) < 4.78 is 0. The van der Waals surface area contributed by atoms with Crippen LogP contribution in [-0.2, 0) is 4.79 Å². The van der Waals surface area contributed by atoms with E-state index in [0.29, 0.717) is 12.6 Å². The van der Waals surface area contributed by atoms with Gasteiger partial charge in [-0.3, -0.25) is 9.69 Å². The summed E-state index contributed by atoms with van der Waals surface area (Å²) in [6, 6.07) is 0.323. The Morgan fingerprint density at radius 2 is 1.94 bits per heavy atom. The average Bonchev–Trinajstić information content (AvgIpc) is 2.69. The molecule has 2 rings (SSSR count). The zero-order valence-electron chi connectivity index (χ0n) is 11.3. The standard InChI is InChI=1S/C13H25N3O/c1-13(2)9-15(3)11(8-14)12(17)16(13)10-6-4-5-7-10/h10-11H,4-9,14H2,1-3H3. The molecule has 1 heterocycles. The Bertz CT molecular complexity index is 297. The maximum atomic E-state index is 12.6. The quantitative estimate of drug-likeness (QED) is 0.776. The van der Waals surface area contributed by atoms with E-state index >= 15 is 0 Å². The molecule has 1 unspecified atom stereocenters. The zero-order valence-corrected chi connectivity index (χ0v) is 11.3. The molecule has 1 amide bonds. The van der Waals surface area contributed by atoms with E-state index in [-0.39, 0.29) is 17.5 Å². The third kappa shape index (κ3) is 2.20. The van der Waals surface area contributed by atoms with E-state index in [2.05, 4.69) is 23.6 Å². The van der Waals surface area contributed by atoms with Crippen LogP contribution in [0.1, 0.15) is 39.5 Å². The van der Waals surface area contributed by atoms with Crippen molar-refractivity contribution in [3.8, 4) is 0 Å². The van der Waals surface area contributed by atoms with Crippen LogP contribution in [0.3, 0.4) is 0 Å². The monoisotopic (exact) mass is 239 g/mol. The second-order valence-electron chi connectivity index (χ2n) is 6.13. The third-order valence-electron chi connectivity index (χ3n) is 4.26. The highest BCUT2D eigenvalue weighted by molar-refractivity contribution is 5.84. The number of piperazine rings is 1. The first-order chi connectivity index (χ1) is 7.97. The zero-order chi connectivity index (χ0) is 12.6. The fourth-order valence-electron chi connectivity index (χ4n) is 3.56. The smallest absolute Gasteiger partial charge is 0.241 e. The van der Waals surface area contributed by atoms with E-state index in [1.807, 2.05) is 7.05 Å². The van der Waals surface area contributed by atoms with Gasteiger partial charge in [-0.25, -0.2) is 0 Å². The molecule has 2 fully saturated rings. The minimum absolute atomic E-state index is 0.0630. The van der Waals surface area contributed by atoms with Crippen LogP contribution in [0.15, 0.2) is 0 Å². The molecule has 0 bridgehead atoms. The summed E-state index contributed by atoms with van der Waals surface area (Å²) in [5.41, 5.74) is 5.68. The fraction of sp³-hybridized carbons (Fsp3) is 0.923. The molecular formula is C13H25N3O. The van der Waals surface area contributed by atoms with Crippen molar-refractivity contribution in [1.29, 1.82) is 0 Å². The Morgan fingerprint density at radius 1 is 1.35 bits per heavy atom. The first-order valence-electron chi connectivity index (χ1n) is 6.71. The highest BCUT2D eigenvalue weighted by Crippen LogP contribution is 2.33. The van der Waals surface area contributed by atoms with Crippen molar-refractivity contribution in [3.05, 3.63) is 0 Å². The number of rotatable bonds is 2. The summed E-state index contributed by atoms with van der Waals surface area (Å²) >= 11 is 0. The summed E-state index contributed by atoms with van der Waals surface area (Å²) in [4.78, 5) is 16.8. The van der Waals surface area contributed by atoms with Gasteiger partial charge in [0.25, 0.3) is 0 Å². The predicted molar refractivity (Wildman–Crippen MR) is 68.7 cm³/mol. The number of hydrogen-bond acceptors (Lipinski definition) is 3. The van der Waals surface area contributed by atoms with Crippen LogP contribution in [0, 0.1) is 0 Å². The van der Waals surface area contributed by atoms with Gasteiger partial charge in [-0.05, 0) is 33.7 Å². The first kappa shape index (κ1) is 12.8. The topological polar surface area (TPSA) is 49.6 Å². The van der Waals surface area contributed by atoms with Crippen LogP contribution in [0.5, 0.6) is 0 Å². The lowest BCUT2D eigenvalue weighted by Gasteiger charge is -2.51. The lowest BCUT2D eigenvalue weighted by Crippen LogP contribution is -2.68. The van der Waals surface area contributed by atoms with Gasteiger partial charge in [-0.15, -0.1) is 0 Å². The van der Waals surface area contributed by atoms with E-state index in [1.165, 1.54) is 12.8 Å². The lowest BCUT2D eigenvalue weighted by atomic mass is 9.92. The van der Waals surface area contributed by atoms with Gasteiger partial charge in [0, 0.05) is 19.1 Å². The van der Waals surface area contributed by atoms with Crippen LogP contribution < -0.4 is 5.73 Å². The SMILES string of the molecule is CN1CC(C)(C)N(C2CCCC2)C(=O)C1CN. The molecule has 0 aromatic heterocycles. The highest BCUT2D eigenvalue weighted by atomic mass is 16.2. The molecule has 4 heteroatoms. The summed E-state index contributed by atoms with van der Waals surface area (Å²) in [5.74, 6) is 0.234. The van der Waals surface area contributed by atoms with Crippen LogP contribution in [0.4, 0.5) is 0 Å². The molecule has 2 N–H and O–H groups in total. The van der Waals surface area contributed by atoms with E-state index in [1.54, 1.807) is 0 Å². The summed E-state index contributed by atoms with van der Waals surface area (Å²) in [7, 11) is 2.00. The van der Waals surface area contributed by atoms with Crippen molar-refractivity contribution in [1.82, 2.24) is 9.80 Å². The van der Waals surface area contributed by atoms with Gasteiger partial charge in [-0.1, -0.05) is 12.8 Å². The van der Waals surface area contributed by atoms with Crippen LogP contribution >= 0.6 is 0 Å². The lowest BCUT2D eigenvalue weighted by molar-refractivity contribution is -0.154. The van der Waals surface area contributed by atoms with Gasteiger partial charge in [0.2, 0.25) is 5.91 Å². The molecule has 1 atom stereocenters. The molecule has 0 aromatic carbocycles. The van der Waals surface area contributed by atoms with Crippen molar-refractivity contribution in [3.63, 3.8) is 0 Å². The van der Waals surface area contributed by atoms with Gasteiger partial charge >= 0.3 is 0 Å². The maximum absolute atomic E-state index is 12.6. The van der Waals surface area contributed by atoms with Crippen LogP contribution in [-0.4, -0.2) is 53.5 Å². The van der Waals surface area contributed by atoms with Gasteiger partial charge in [0.15, 0.2) is 0 Å². The van der Waals surface area contributed by atoms with Crippen molar-refractivity contribution in [2.24, 2.45) is 5.73 Å². The Kier molecular flexibility index (Phi) is 3.46. The largest absolute Gasteiger partial charge is 0.332 e.